The van der Waals surface area contributed by atoms with E-state index in [1.54, 1.807) is 31.1 Å². The third-order valence-corrected chi connectivity index (χ3v) is 2.66. The molecular formula is C13H17N3O. The average Bonchev–Trinajstić information content (AvgIpc) is 2.37. The minimum Gasteiger partial charge on any atom is -0.340 e. The summed E-state index contributed by atoms with van der Waals surface area (Å²) in [6.07, 6.45) is 0. The van der Waals surface area contributed by atoms with E-state index in [1.165, 1.54) is 0 Å². The predicted molar refractivity (Wildman–Crippen MR) is 66.2 cm³/mol. The quantitative estimate of drug-likeness (QED) is 0.845. The van der Waals surface area contributed by atoms with E-state index in [2.05, 4.69) is 11.4 Å². The van der Waals surface area contributed by atoms with Crippen molar-refractivity contribution in [1.29, 1.82) is 5.26 Å². The summed E-state index contributed by atoms with van der Waals surface area (Å²) in [6, 6.07) is 9.18. The van der Waals surface area contributed by atoms with Crippen molar-refractivity contribution >= 4 is 5.91 Å². The summed E-state index contributed by atoms with van der Waals surface area (Å²) < 4.78 is 0. The van der Waals surface area contributed by atoms with E-state index in [-0.39, 0.29) is 11.9 Å². The molecule has 1 N–H and O–H groups in total. The molecule has 0 aromatic heterocycles. The van der Waals surface area contributed by atoms with E-state index in [0.717, 1.165) is 5.56 Å². The standard InChI is InChI=1S/C13H17N3O/c1-10(15-2)13(17)16(3)9-12-6-4-5-11(7-12)8-14/h4-7,10,15H,9H2,1-3H3. The number of hydrogen-bond acceptors (Lipinski definition) is 3. The maximum Gasteiger partial charge on any atom is 0.239 e. The van der Waals surface area contributed by atoms with Crippen LogP contribution >= 0.6 is 0 Å². The Balaban J connectivity index is 2.71. The number of nitrogens with zero attached hydrogens (tertiary/aromatic N) is 2. The Kier molecular flexibility index (Phi) is 4.68. The van der Waals surface area contributed by atoms with Gasteiger partial charge in [-0.2, -0.15) is 5.26 Å². The van der Waals surface area contributed by atoms with Crippen LogP contribution < -0.4 is 5.32 Å². The van der Waals surface area contributed by atoms with Gasteiger partial charge in [-0.25, -0.2) is 0 Å². The summed E-state index contributed by atoms with van der Waals surface area (Å²) in [6.45, 7) is 2.34. The lowest BCUT2D eigenvalue weighted by atomic mass is 10.1. The van der Waals surface area contributed by atoms with E-state index < -0.39 is 0 Å². The zero-order chi connectivity index (χ0) is 12.8. The van der Waals surface area contributed by atoms with Crippen LogP contribution in [0.4, 0.5) is 0 Å². The molecule has 1 atom stereocenters. The molecule has 0 heterocycles. The molecule has 1 aromatic rings. The highest BCUT2D eigenvalue weighted by atomic mass is 16.2. The van der Waals surface area contributed by atoms with Crippen LogP contribution in [0.1, 0.15) is 18.1 Å². The molecule has 0 saturated carbocycles. The summed E-state index contributed by atoms with van der Waals surface area (Å²) in [5, 5.41) is 11.7. The first-order valence-electron chi connectivity index (χ1n) is 5.49. The first-order chi connectivity index (χ1) is 8.08. The number of benzene rings is 1. The summed E-state index contributed by atoms with van der Waals surface area (Å²) >= 11 is 0. The molecule has 0 spiro atoms. The van der Waals surface area contributed by atoms with Crippen LogP contribution in [0.15, 0.2) is 24.3 Å². The highest BCUT2D eigenvalue weighted by Crippen LogP contribution is 2.07. The lowest BCUT2D eigenvalue weighted by Gasteiger charge is -2.21. The van der Waals surface area contributed by atoms with Gasteiger partial charge < -0.3 is 10.2 Å². The van der Waals surface area contributed by atoms with Gasteiger partial charge in [0.1, 0.15) is 0 Å². The molecule has 0 fully saturated rings. The van der Waals surface area contributed by atoms with Gasteiger partial charge in [0.2, 0.25) is 5.91 Å². The minimum atomic E-state index is -0.195. The molecule has 1 rings (SSSR count). The molecule has 0 saturated heterocycles. The Labute approximate surface area is 102 Å². The molecule has 0 aliphatic heterocycles. The predicted octanol–water partition coefficient (Wildman–Crippen LogP) is 1.12. The SMILES string of the molecule is CNC(C)C(=O)N(C)Cc1cccc(C#N)c1. The Hall–Kier alpha value is -1.86. The fourth-order valence-corrected chi connectivity index (χ4v) is 1.55. The normalized spacial score (nSPS) is 11.6. The fraction of sp³-hybridized carbons (Fsp3) is 0.385. The number of nitrogens with one attached hydrogen (secondary N) is 1. The van der Waals surface area contributed by atoms with Crippen LogP contribution in [0.5, 0.6) is 0 Å². The maximum absolute atomic E-state index is 11.8. The molecule has 4 heteroatoms. The molecule has 0 aliphatic carbocycles. The average molecular weight is 231 g/mol. The van der Waals surface area contributed by atoms with E-state index in [0.29, 0.717) is 12.1 Å². The van der Waals surface area contributed by atoms with Crippen LogP contribution in [0.25, 0.3) is 0 Å². The molecule has 1 unspecified atom stereocenters. The van der Waals surface area contributed by atoms with Crippen molar-refractivity contribution in [3.63, 3.8) is 0 Å². The molecule has 90 valence electrons. The van der Waals surface area contributed by atoms with Gasteiger partial charge in [-0.3, -0.25) is 4.79 Å². The van der Waals surface area contributed by atoms with Gasteiger partial charge in [0, 0.05) is 13.6 Å². The second kappa shape index (κ2) is 6.02. The summed E-state index contributed by atoms with van der Waals surface area (Å²) in [5.41, 5.74) is 1.58. The van der Waals surface area contributed by atoms with Gasteiger partial charge in [0.25, 0.3) is 0 Å². The summed E-state index contributed by atoms with van der Waals surface area (Å²) in [4.78, 5) is 13.5. The van der Waals surface area contributed by atoms with Gasteiger partial charge in [-0.1, -0.05) is 12.1 Å². The Morgan fingerprint density at radius 1 is 1.59 bits per heavy atom. The van der Waals surface area contributed by atoms with Crippen LogP contribution in [-0.2, 0) is 11.3 Å². The topological polar surface area (TPSA) is 56.1 Å². The molecule has 0 bridgehead atoms. The molecule has 0 radical (unpaired) electrons. The Morgan fingerprint density at radius 3 is 2.88 bits per heavy atom. The van der Waals surface area contributed by atoms with Crippen molar-refractivity contribution in [3.05, 3.63) is 35.4 Å². The van der Waals surface area contributed by atoms with Crippen molar-refractivity contribution in [3.8, 4) is 6.07 Å². The summed E-state index contributed by atoms with van der Waals surface area (Å²) in [7, 11) is 3.52. The molecule has 17 heavy (non-hydrogen) atoms. The monoisotopic (exact) mass is 231 g/mol. The summed E-state index contributed by atoms with van der Waals surface area (Å²) in [5.74, 6) is 0.0369. The second-order valence-electron chi connectivity index (χ2n) is 4.02. The zero-order valence-corrected chi connectivity index (χ0v) is 10.4. The second-order valence-corrected chi connectivity index (χ2v) is 4.02. The highest BCUT2D eigenvalue weighted by Gasteiger charge is 2.15. The number of hydrogen-bond donors (Lipinski definition) is 1. The third kappa shape index (κ3) is 3.58. The van der Waals surface area contributed by atoms with Gasteiger partial charge in [-0.05, 0) is 31.7 Å². The van der Waals surface area contributed by atoms with Gasteiger partial charge in [0.15, 0.2) is 0 Å². The number of amides is 1. The maximum atomic E-state index is 11.8. The van der Waals surface area contributed by atoms with Gasteiger partial charge >= 0.3 is 0 Å². The number of rotatable bonds is 4. The van der Waals surface area contributed by atoms with Crippen molar-refractivity contribution in [2.45, 2.75) is 19.5 Å². The van der Waals surface area contributed by atoms with Gasteiger partial charge in [-0.15, -0.1) is 0 Å². The lowest BCUT2D eigenvalue weighted by Crippen LogP contribution is -2.41. The van der Waals surface area contributed by atoms with Crippen molar-refractivity contribution in [2.75, 3.05) is 14.1 Å². The van der Waals surface area contributed by atoms with Crippen LogP contribution in [0.2, 0.25) is 0 Å². The molecule has 1 aromatic carbocycles. The highest BCUT2D eigenvalue weighted by molar-refractivity contribution is 5.81. The smallest absolute Gasteiger partial charge is 0.239 e. The van der Waals surface area contributed by atoms with Crippen LogP contribution in [-0.4, -0.2) is 30.9 Å². The zero-order valence-electron chi connectivity index (χ0n) is 10.4. The first-order valence-corrected chi connectivity index (χ1v) is 5.49. The Bertz CT molecular complexity index is 437. The molecular weight excluding hydrogens is 214 g/mol. The van der Waals surface area contributed by atoms with Crippen LogP contribution in [0, 0.1) is 11.3 Å². The van der Waals surface area contributed by atoms with Crippen molar-refractivity contribution in [2.24, 2.45) is 0 Å². The van der Waals surface area contributed by atoms with Crippen molar-refractivity contribution in [1.82, 2.24) is 10.2 Å². The van der Waals surface area contributed by atoms with Crippen LogP contribution in [0.3, 0.4) is 0 Å². The number of likely N-dealkylation sites (N-methyl/N-ethyl adjacent to an activating group) is 2. The third-order valence-electron chi connectivity index (χ3n) is 2.66. The van der Waals surface area contributed by atoms with E-state index >= 15 is 0 Å². The van der Waals surface area contributed by atoms with E-state index in [9.17, 15) is 4.79 Å². The van der Waals surface area contributed by atoms with E-state index in [4.69, 9.17) is 5.26 Å². The van der Waals surface area contributed by atoms with Gasteiger partial charge in [0.05, 0.1) is 17.7 Å². The van der Waals surface area contributed by atoms with Crippen molar-refractivity contribution < 1.29 is 4.79 Å². The Morgan fingerprint density at radius 2 is 2.29 bits per heavy atom. The fourth-order valence-electron chi connectivity index (χ4n) is 1.55. The number of carbonyl (C=O) groups is 1. The number of nitriles is 1. The first kappa shape index (κ1) is 13.2. The minimum absolute atomic E-state index is 0.0369. The lowest BCUT2D eigenvalue weighted by molar-refractivity contribution is -0.132. The molecule has 0 aliphatic rings. The number of carbonyl (C=O) groups excluding carboxylic acids is 1. The molecule has 4 nitrogen and oxygen atoms in total. The molecule has 1 amide bonds. The van der Waals surface area contributed by atoms with E-state index in [1.807, 2.05) is 19.1 Å². The largest absolute Gasteiger partial charge is 0.340 e.